The van der Waals surface area contributed by atoms with Gasteiger partial charge in [0, 0.05) is 0 Å². The van der Waals surface area contributed by atoms with E-state index in [0.717, 1.165) is 12.8 Å². The maximum absolute atomic E-state index is 11.3. The lowest BCUT2D eigenvalue weighted by molar-refractivity contribution is -0.151. The van der Waals surface area contributed by atoms with Crippen molar-refractivity contribution in [2.24, 2.45) is 11.8 Å². The van der Waals surface area contributed by atoms with Gasteiger partial charge in [-0.1, -0.05) is 12.8 Å². The van der Waals surface area contributed by atoms with E-state index in [9.17, 15) is 9.59 Å². The van der Waals surface area contributed by atoms with Gasteiger partial charge in [0.1, 0.15) is 11.7 Å². The average molecular weight is 184 g/mol. The predicted octanol–water partition coefficient (Wildman–Crippen LogP) is 1.55. The summed E-state index contributed by atoms with van der Waals surface area (Å²) in [6.07, 6.45) is 3.00. The molecule has 74 valence electrons. The van der Waals surface area contributed by atoms with Crippen molar-refractivity contribution in [3.63, 3.8) is 0 Å². The lowest BCUT2D eigenvalue weighted by atomic mass is 9.98. The molecule has 3 nitrogen and oxygen atoms in total. The van der Waals surface area contributed by atoms with E-state index < -0.39 is 5.92 Å². The van der Waals surface area contributed by atoms with E-state index in [1.165, 1.54) is 6.92 Å². The first-order chi connectivity index (χ1) is 6.15. The van der Waals surface area contributed by atoms with Gasteiger partial charge in [-0.05, 0) is 26.2 Å². The van der Waals surface area contributed by atoms with Crippen molar-refractivity contribution in [2.75, 3.05) is 6.61 Å². The summed E-state index contributed by atoms with van der Waals surface area (Å²) < 4.78 is 4.83. The summed E-state index contributed by atoms with van der Waals surface area (Å²) in [5.74, 6) is -0.335. The number of Topliss-reactive ketones (excluding diaryl/α,β-unsaturated/α-hetero) is 1. The number of ketones is 1. The second-order valence-electron chi connectivity index (χ2n) is 3.59. The molecule has 0 saturated heterocycles. The molecule has 1 rings (SSSR count). The number of esters is 1. The summed E-state index contributed by atoms with van der Waals surface area (Å²) in [5, 5.41) is 0. The molecule has 0 aromatic rings. The topological polar surface area (TPSA) is 43.4 Å². The van der Waals surface area contributed by atoms with Gasteiger partial charge in [0.25, 0.3) is 0 Å². The Balaban J connectivity index is 2.44. The van der Waals surface area contributed by atoms with Crippen molar-refractivity contribution < 1.29 is 14.3 Å². The second kappa shape index (κ2) is 4.40. The van der Waals surface area contributed by atoms with Gasteiger partial charge in [-0.15, -0.1) is 0 Å². The van der Waals surface area contributed by atoms with E-state index in [0.29, 0.717) is 18.9 Å². The molecule has 3 heteroatoms. The minimum Gasteiger partial charge on any atom is -0.465 e. The molecule has 0 aromatic carbocycles. The van der Waals surface area contributed by atoms with E-state index in [1.807, 2.05) is 0 Å². The Morgan fingerprint density at radius 3 is 2.46 bits per heavy atom. The first-order valence-electron chi connectivity index (χ1n) is 4.82. The van der Waals surface area contributed by atoms with Crippen molar-refractivity contribution >= 4 is 11.8 Å². The minimum atomic E-state index is -0.507. The third kappa shape index (κ3) is 3.17. The molecule has 1 aliphatic carbocycles. The van der Waals surface area contributed by atoms with Crippen molar-refractivity contribution in [3.8, 4) is 0 Å². The van der Waals surface area contributed by atoms with Crippen LogP contribution in [0.3, 0.4) is 0 Å². The van der Waals surface area contributed by atoms with Gasteiger partial charge < -0.3 is 4.74 Å². The maximum atomic E-state index is 11.3. The Labute approximate surface area is 78.5 Å². The monoisotopic (exact) mass is 184 g/mol. The summed E-state index contributed by atoms with van der Waals surface area (Å²) >= 11 is 0. The van der Waals surface area contributed by atoms with Crippen LogP contribution in [0.4, 0.5) is 0 Å². The highest BCUT2D eigenvalue weighted by molar-refractivity contribution is 5.97. The molecule has 1 aliphatic rings. The molecule has 1 atom stereocenters. The van der Waals surface area contributed by atoms with Crippen LogP contribution in [0.1, 0.15) is 33.1 Å². The molecule has 1 saturated carbocycles. The molecule has 0 heterocycles. The van der Waals surface area contributed by atoms with E-state index in [-0.39, 0.29) is 11.8 Å². The highest BCUT2D eigenvalue weighted by atomic mass is 16.5. The summed E-state index contributed by atoms with van der Waals surface area (Å²) in [6, 6.07) is 0. The third-order valence-corrected chi connectivity index (χ3v) is 2.33. The van der Waals surface area contributed by atoms with Crippen LogP contribution in [-0.2, 0) is 14.3 Å². The number of ether oxygens (including phenoxy) is 1. The van der Waals surface area contributed by atoms with Gasteiger partial charge in [-0.25, -0.2) is 0 Å². The van der Waals surface area contributed by atoms with Crippen LogP contribution in [0.2, 0.25) is 0 Å². The second-order valence-corrected chi connectivity index (χ2v) is 3.59. The van der Waals surface area contributed by atoms with Crippen LogP contribution < -0.4 is 0 Å². The van der Waals surface area contributed by atoms with Crippen LogP contribution >= 0.6 is 0 Å². The summed E-state index contributed by atoms with van der Waals surface area (Å²) in [6.45, 7) is 3.57. The highest BCUT2D eigenvalue weighted by Crippen LogP contribution is 2.35. The lowest BCUT2D eigenvalue weighted by Crippen LogP contribution is -2.24. The van der Waals surface area contributed by atoms with E-state index in [1.54, 1.807) is 6.92 Å². The van der Waals surface area contributed by atoms with Crippen LogP contribution in [0.15, 0.2) is 0 Å². The fourth-order valence-corrected chi connectivity index (χ4v) is 1.36. The first-order valence-corrected chi connectivity index (χ1v) is 4.82. The van der Waals surface area contributed by atoms with Crippen LogP contribution in [-0.4, -0.2) is 18.4 Å². The van der Waals surface area contributed by atoms with Crippen molar-refractivity contribution in [3.05, 3.63) is 0 Å². The van der Waals surface area contributed by atoms with Gasteiger partial charge in [-0.2, -0.15) is 0 Å². The van der Waals surface area contributed by atoms with Crippen LogP contribution in [0.25, 0.3) is 0 Å². The van der Waals surface area contributed by atoms with E-state index >= 15 is 0 Å². The molecule has 0 spiro atoms. The molecule has 0 aromatic heterocycles. The molecule has 13 heavy (non-hydrogen) atoms. The van der Waals surface area contributed by atoms with Gasteiger partial charge in [0.2, 0.25) is 0 Å². The van der Waals surface area contributed by atoms with Gasteiger partial charge in [0.05, 0.1) is 6.61 Å². The third-order valence-electron chi connectivity index (χ3n) is 2.33. The Morgan fingerprint density at radius 2 is 2.08 bits per heavy atom. The molecular weight excluding hydrogens is 168 g/mol. The zero-order valence-electron chi connectivity index (χ0n) is 8.21. The SMILES string of the molecule is CCOC(=O)[C@@H](CC1CC1)C(C)=O. The molecule has 0 bridgehead atoms. The molecule has 0 unspecified atom stereocenters. The van der Waals surface area contributed by atoms with E-state index in [2.05, 4.69) is 0 Å². The molecule has 0 N–H and O–H groups in total. The zero-order chi connectivity index (χ0) is 9.84. The number of hydrogen-bond donors (Lipinski definition) is 0. The number of carbonyl (C=O) groups excluding carboxylic acids is 2. The molecule has 0 radical (unpaired) electrons. The largest absolute Gasteiger partial charge is 0.465 e. The summed E-state index contributed by atoms with van der Waals surface area (Å²) in [5.41, 5.74) is 0. The van der Waals surface area contributed by atoms with Gasteiger partial charge in [-0.3, -0.25) is 9.59 Å². The number of carbonyl (C=O) groups is 2. The highest BCUT2D eigenvalue weighted by Gasteiger charge is 2.32. The van der Waals surface area contributed by atoms with E-state index in [4.69, 9.17) is 4.74 Å². The molecule has 0 aliphatic heterocycles. The Hall–Kier alpha value is -0.860. The molecule has 0 amide bonds. The van der Waals surface area contributed by atoms with Crippen LogP contribution in [0, 0.1) is 11.8 Å². The number of hydrogen-bond acceptors (Lipinski definition) is 3. The standard InChI is InChI=1S/C10H16O3/c1-3-13-10(12)9(7(2)11)6-8-4-5-8/h8-9H,3-6H2,1-2H3/t9-/m0/s1. The smallest absolute Gasteiger partial charge is 0.316 e. The quantitative estimate of drug-likeness (QED) is 0.481. The average Bonchev–Trinajstić information content (AvgIpc) is 2.83. The van der Waals surface area contributed by atoms with Gasteiger partial charge >= 0.3 is 5.97 Å². The fourth-order valence-electron chi connectivity index (χ4n) is 1.36. The molecule has 1 fully saturated rings. The van der Waals surface area contributed by atoms with Crippen molar-refractivity contribution in [1.82, 2.24) is 0 Å². The Kier molecular flexibility index (Phi) is 3.46. The summed E-state index contributed by atoms with van der Waals surface area (Å²) in [4.78, 5) is 22.4. The Bertz CT molecular complexity index is 206. The maximum Gasteiger partial charge on any atom is 0.316 e. The minimum absolute atomic E-state index is 0.0645. The van der Waals surface area contributed by atoms with Gasteiger partial charge in [0.15, 0.2) is 0 Å². The Morgan fingerprint density at radius 1 is 1.46 bits per heavy atom. The molecular formula is C10H16O3. The first kappa shape index (κ1) is 10.2. The fraction of sp³-hybridized carbons (Fsp3) is 0.800. The van der Waals surface area contributed by atoms with Crippen LogP contribution in [0.5, 0.6) is 0 Å². The normalized spacial score (nSPS) is 18.0. The zero-order valence-corrected chi connectivity index (χ0v) is 8.21. The van der Waals surface area contributed by atoms with Crippen molar-refractivity contribution in [1.29, 1.82) is 0 Å². The van der Waals surface area contributed by atoms with Crippen molar-refractivity contribution in [2.45, 2.75) is 33.1 Å². The number of rotatable bonds is 5. The predicted molar refractivity (Wildman–Crippen MR) is 48.1 cm³/mol. The summed E-state index contributed by atoms with van der Waals surface area (Å²) in [7, 11) is 0. The lowest BCUT2D eigenvalue weighted by Gasteiger charge is -2.11.